The number of hydrogen-bond acceptors (Lipinski definition) is 3. The Hall–Kier alpha value is -1.51. The van der Waals surface area contributed by atoms with Gasteiger partial charge in [-0.2, -0.15) is 0 Å². The highest BCUT2D eigenvalue weighted by Gasteiger charge is 2.15. The molecule has 14 heavy (non-hydrogen) atoms. The van der Waals surface area contributed by atoms with Crippen molar-refractivity contribution >= 4 is 11.6 Å². The molecule has 3 nitrogen and oxygen atoms in total. The van der Waals surface area contributed by atoms with Gasteiger partial charge in [0.15, 0.2) is 5.96 Å². The Labute approximate surface area is 84.2 Å². The molecule has 0 aromatic heterocycles. The first-order chi connectivity index (χ1) is 6.66. The normalized spacial score (nSPS) is 15.9. The molecule has 1 aromatic carbocycles. The lowest BCUT2D eigenvalue weighted by molar-refractivity contribution is 1.02. The van der Waals surface area contributed by atoms with Gasteiger partial charge in [0.2, 0.25) is 0 Å². The summed E-state index contributed by atoms with van der Waals surface area (Å²) in [6.07, 6.45) is 0. The number of rotatable bonds is 1. The number of nitrogens with two attached hydrogens (primary N) is 1. The second-order valence-corrected chi connectivity index (χ2v) is 3.74. The van der Waals surface area contributed by atoms with E-state index in [1.165, 1.54) is 11.1 Å². The van der Waals surface area contributed by atoms with Crippen molar-refractivity contribution in [2.45, 2.75) is 13.8 Å². The molecule has 0 radical (unpaired) electrons. The fourth-order valence-electron chi connectivity index (χ4n) is 1.83. The van der Waals surface area contributed by atoms with Crippen LogP contribution in [0.5, 0.6) is 0 Å². The van der Waals surface area contributed by atoms with Crippen molar-refractivity contribution in [3.8, 4) is 0 Å². The van der Waals surface area contributed by atoms with Crippen LogP contribution in [0.1, 0.15) is 11.1 Å². The Kier molecular flexibility index (Phi) is 2.15. The van der Waals surface area contributed by atoms with Crippen LogP contribution in [-0.2, 0) is 0 Å². The van der Waals surface area contributed by atoms with Crippen LogP contribution in [-0.4, -0.2) is 19.0 Å². The molecule has 1 aliphatic rings. The molecule has 0 saturated carbocycles. The molecular formula is C11H15N3. The van der Waals surface area contributed by atoms with E-state index in [4.69, 9.17) is 5.73 Å². The molecule has 1 aromatic rings. The van der Waals surface area contributed by atoms with Gasteiger partial charge in [0.05, 0.1) is 6.54 Å². The smallest absolute Gasteiger partial charge is 0.195 e. The Balaban J connectivity index is 2.36. The molecule has 0 atom stereocenters. The maximum absolute atomic E-state index is 5.79. The molecule has 2 N–H and O–H groups in total. The summed E-state index contributed by atoms with van der Waals surface area (Å²) >= 11 is 0. The number of aryl methyl sites for hydroxylation is 2. The first-order valence-corrected chi connectivity index (χ1v) is 4.82. The summed E-state index contributed by atoms with van der Waals surface area (Å²) in [7, 11) is 0. The molecule has 74 valence electrons. The fraction of sp³-hybridized carbons (Fsp3) is 0.364. The highest BCUT2D eigenvalue weighted by atomic mass is 15.3. The molecule has 0 amide bonds. The molecule has 0 unspecified atom stereocenters. The topological polar surface area (TPSA) is 41.6 Å². The SMILES string of the molecule is Cc1cc(C)cc(N2CCN=C2N)c1. The van der Waals surface area contributed by atoms with Crippen molar-refractivity contribution in [2.24, 2.45) is 10.7 Å². The molecule has 0 aliphatic carbocycles. The van der Waals surface area contributed by atoms with Gasteiger partial charge < -0.3 is 10.6 Å². The standard InChI is InChI=1S/C11H15N3/c1-8-5-9(2)7-10(6-8)14-4-3-13-11(14)12/h5-7H,3-4H2,1-2H3,(H2,12,13). The summed E-state index contributed by atoms with van der Waals surface area (Å²) in [6.45, 7) is 5.90. The Morgan fingerprint density at radius 1 is 1.21 bits per heavy atom. The van der Waals surface area contributed by atoms with E-state index in [1.807, 2.05) is 0 Å². The molecule has 0 fully saturated rings. The van der Waals surface area contributed by atoms with Gasteiger partial charge in [-0.15, -0.1) is 0 Å². The van der Waals surface area contributed by atoms with Crippen LogP contribution in [0.3, 0.4) is 0 Å². The van der Waals surface area contributed by atoms with Crippen LogP contribution in [0.2, 0.25) is 0 Å². The number of hydrogen-bond donors (Lipinski definition) is 1. The third-order valence-electron chi connectivity index (χ3n) is 2.39. The minimum absolute atomic E-state index is 0.634. The van der Waals surface area contributed by atoms with Gasteiger partial charge in [0.25, 0.3) is 0 Å². The summed E-state index contributed by atoms with van der Waals surface area (Å²) < 4.78 is 0. The van der Waals surface area contributed by atoms with E-state index in [9.17, 15) is 0 Å². The van der Waals surface area contributed by atoms with E-state index >= 15 is 0 Å². The largest absolute Gasteiger partial charge is 0.370 e. The van der Waals surface area contributed by atoms with Gasteiger partial charge in [0, 0.05) is 12.2 Å². The fourth-order valence-corrected chi connectivity index (χ4v) is 1.83. The van der Waals surface area contributed by atoms with Crippen LogP contribution >= 0.6 is 0 Å². The van der Waals surface area contributed by atoms with E-state index in [0.29, 0.717) is 5.96 Å². The number of guanidine groups is 1. The minimum atomic E-state index is 0.634. The van der Waals surface area contributed by atoms with Crippen molar-refractivity contribution in [1.82, 2.24) is 0 Å². The van der Waals surface area contributed by atoms with E-state index < -0.39 is 0 Å². The zero-order valence-corrected chi connectivity index (χ0v) is 8.62. The molecule has 0 saturated heterocycles. The molecule has 2 rings (SSSR count). The van der Waals surface area contributed by atoms with Crippen molar-refractivity contribution < 1.29 is 0 Å². The van der Waals surface area contributed by atoms with Crippen molar-refractivity contribution in [1.29, 1.82) is 0 Å². The van der Waals surface area contributed by atoms with Gasteiger partial charge in [0.1, 0.15) is 0 Å². The Morgan fingerprint density at radius 3 is 2.36 bits per heavy atom. The van der Waals surface area contributed by atoms with Crippen molar-refractivity contribution in [3.63, 3.8) is 0 Å². The number of aliphatic imine (C=N–C) groups is 1. The van der Waals surface area contributed by atoms with E-state index in [-0.39, 0.29) is 0 Å². The van der Waals surface area contributed by atoms with E-state index in [0.717, 1.165) is 18.8 Å². The van der Waals surface area contributed by atoms with Crippen LogP contribution in [0.4, 0.5) is 5.69 Å². The summed E-state index contributed by atoms with van der Waals surface area (Å²) in [6, 6.07) is 6.44. The van der Waals surface area contributed by atoms with Crippen molar-refractivity contribution in [2.75, 3.05) is 18.0 Å². The second-order valence-electron chi connectivity index (χ2n) is 3.74. The number of benzene rings is 1. The average Bonchev–Trinajstić information content (AvgIpc) is 2.49. The van der Waals surface area contributed by atoms with Gasteiger partial charge in [-0.3, -0.25) is 4.99 Å². The van der Waals surface area contributed by atoms with Gasteiger partial charge in [-0.1, -0.05) is 6.07 Å². The highest BCUT2D eigenvalue weighted by Crippen LogP contribution is 2.19. The quantitative estimate of drug-likeness (QED) is 0.726. The molecule has 1 heterocycles. The van der Waals surface area contributed by atoms with Gasteiger partial charge in [-0.05, 0) is 37.1 Å². The van der Waals surface area contributed by atoms with Crippen LogP contribution < -0.4 is 10.6 Å². The summed E-state index contributed by atoms with van der Waals surface area (Å²) in [5.41, 5.74) is 9.47. The third kappa shape index (κ3) is 1.58. The predicted molar refractivity (Wildman–Crippen MR) is 59.8 cm³/mol. The molecular weight excluding hydrogens is 174 g/mol. The third-order valence-corrected chi connectivity index (χ3v) is 2.39. The average molecular weight is 189 g/mol. The first-order valence-electron chi connectivity index (χ1n) is 4.82. The zero-order valence-electron chi connectivity index (χ0n) is 8.62. The minimum Gasteiger partial charge on any atom is -0.370 e. The first kappa shape index (κ1) is 9.06. The van der Waals surface area contributed by atoms with E-state index in [2.05, 4.69) is 41.9 Å². The lowest BCUT2D eigenvalue weighted by atomic mass is 10.1. The van der Waals surface area contributed by atoms with Crippen LogP contribution in [0.25, 0.3) is 0 Å². The summed E-state index contributed by atoms with van der Waals surface area (Å²) in [5.74, 6) is 0.634. The van der Waals surface area contributed by atoms with Crippen LogP contribution in [0, 0.1) is 13.8 Å². The van der Waals surface area contributed by atoms with Gasteiger partial charge in [-0.25, -0.2) is 0 Å². The van der Waals surface area contributed by atoms with E-state index in [1.54, 1.807) is 0 Å². The van der Waals surface area contributed by atoms with Crippen LogP contribution in [0.15, 0.2) is 23.2 Å². The second kappa shape index (κ2) is 3.33. The zero-order chi connectivity index (χ0) is 10.1. The Bertz CT molecular complexity index is 362. The lowest BCUT2D eigenvalue weighted by Crippen LogP contribution is -2.33. The summed E-state index contributed by atoms with van der Waals surface area (Å²) in [5, 5.41) is 0. The lowest BCUT2D eigenvalue weighted by Gasteiger charge is -2.18. The molecule has 0 spiro atoms. The van der Waals surface area contributed by atoms with Gasteiger partial charge >= 0.3 is 0 Å². The number of anilines is 1. The molecule has 3 heteroatoms. The monoisotopic (exact) mass is 189 g/mol. The number of nitrogens with zero attached hydrogens (tertiary/aromatic N) is 2. The van der Waals surface area contributed by atoms with Crippen molar-refractivity contribution in [3.05, 3.63) is 29.3 Å². The maximum atomic E-state index is 5.79. The highest BCUT2D eigenvalue weighted by molar-refractivity contribution is 5.96. The maximum Gasteiger partial charge on any atom is 0.195 e. The molecule has 0 bridgehead atoms. The predicted octanol–water partition coefficient (Wildman–Crippen LogP) is 1.44. The Morgan fingerprint density at radius 2 is 1.86 bits per heavy atom. The summed E-state index contributed by atoms with van der Waals surface area (Å²) in [4.78, 5) is 6.23. The molecule has 1 aliphatic heterocycles.